The average Bonchev–Trinajstić information content (AvgIpc) is 2.77. The Bertz CT molecular complexity index is 770. The zero-order valence-corrected chi connectivity index (χ0v) is 17.0. The zero-order valence-electron chi connectivity index (χ0n) is 17.0. The van der Waals surface area contributed by atoms with Crippen LogP contribution in [0.5, 0.6) is 5.75 Å². The van der Waals surface area contributed by atoms with E-state index in [1.165, 1.54) is 6.21 Å². The molecule has 0 unspecified atom stereocenters. The number of nitrogens with one attached hydrogen (secondary N) is 1. The first-order valence-electron chi connectivity index (χ1n) is 10.1. The molecule has 3 rings (SSSR count). The highest BCUT2D eigenvalue weighted by Crippen LogP contribution is 2.27. The normalized spacial score (nSPS) is 14.3. The molecule has 6 nitrogen and oxygen atoms in total. The number of fused-ring (bicyclic) bond motifs is 1. The number of rotatable bonds is 7. The summed E-state index contributed by atoms with van der Waals surface area (Å²) in [6.45, 7) is 9.00. The van der Waals surface area contributed by atoms with Crippen molar-refractivity contribution in [3.8, 4) is 5.75 Å². The third kappa shape index (κ3) is 5.53. The maximum Gasteiger partial charge on any atom is 0.260 e. The molecule has 1 aliphatic rings. The summed E-state index contributed by atoms with van der Waals surface area (Å²) in [5.74, 6) is 0.699. The second-order valence-corrected chi connectivity index (χ2v) is 6.50. The second kappa shape index (κ2) is 11.4. The summed E-state index contributed by atoms with van der Waals surface area (Å²) in [6.07, 6.45) is 2.33. The molecule has 28 heavy (non-hydrogen) atoms. The number of carbonyl (C=O) groups is 1. The van der Waals surface area contributed by atoms with Crippen LogP contribution in [0.15, 0.2) is 36.4 Å². The predicted octanol–water partition coefficient (Wildman–Crippen LogP) is 2.74. The minimum atomic E-state index is 0.0173. The fourth-order valence-corrected chi connectivity index (χ4v) is 3.31. The molecule has 1 amide bonds. The molecule has 2 aromatic carbocycles. The van der Waals surface area contributed by atoms with Crippen LogP contribution in [0.25, 0.3) is 10.8 Å². The maximum absolute atomic E-state index is 12.5. The smallest absolute Gasteiger partial charge is 0.260 e. The first-order valence-corrected chi connectivity index (χ1v) is 10.1. The fraction of sp³-hybridized carbons (Fsp3) is 0.455. The topological polar surface area (TPSA) is 82.7 Å². The lowest BCUT2D eigenvalue weighted by atomic mass is 10.0. The molecular formula is C22H32N4O2. The van der Waals surface area contributed by atoms with E-state index < -0.39 is 0 Å². The molecule has 0 atom stereocenters. The lowest BCUT2D eigenvalue weighted by Crippen LogP contribution is -2.50. The highest BCUT2D eigenvalue weighted by Gasteiger charge is 2.21. The van der Waals surface area contributed by atoms with Crippen molar-refractivity contribution < 1.29 is 9.53 Å². The molecule has 0 radical (unpaired) electrons. The highest BCUT2D eigenvalue weighted by atomic mass is 16.5. The molecule has 6 heteroatoms. The predicted molar refractivity (Wildman–Crippen MR) is 115 cm³/mol. The van der Waals surface area contributed by atoms with E-state index in [-0.39, 0.29) is 12.5 Å². The van der Waals surface area contributed by atoms with Gasteiger partial charge >= 0.3 is 0 Å². The van der Waals surface area contributed by atoms with Crippen molar-refractivity contribution in [1.29, 1.82) is 5.41 Å². The summed E-state index contributed by atoms with van der Waals surface area (Å²) in [7, 11) is 0. The maximum atomic E-state index is 12.5. The van der Waals surface area contributed by atoms with Crippen LogP contribution in [0.4, 0.5) is 0 Å². The van der Waals surface area contributed by atoms with E-state index in [9.17, 15) is 4.79 Å². The number of piperazine rings is 1. The third-order valence-electron chi connectivity index (χ3n) is 4.83. The largest absolute Gasteiger partial charge is 0.483 e. The molecule has 0 bridgehead atoms. The number of benzene rings is 2. The van der Waals surface area contributed by atoms with Crippen LogP contribution in [0.3, 0.4) is 0 Å². The van der Waals surface area contributed by atoms with E-state index in [0.717, 1.165) is 55.5 Å². The van der Waals surface area contributed by atoms with Crippen LogP contribution in [0.2, 0.25) is 0 Å². The Morgan fingerprint density at radius 2 is 1.79 bits per heavy atom. The number of nitrogens with two attached hydrogens (primary N) is 1. The van der Waals surface area contributed by atoms with Gasteiger partial charge in [0.2, 0.25) is 0 Å². The number of hydrogen-bond acceptors (Lipinski definition) is 5. The quantitative estimate of drug-likeness (QED) is 0.719. The number of ether oxygens (including phenoxy) is 1. The molecule has 1 saturated heterocycles. The Balaban J connectivity index is 0.00000136. The lowest BCUT2D eigenvalue weighted by molar-refractivity contribution is -0.135. The van der Waals surface area contributed by atoms with Gasteiger partial charge in [-0.15, -0.1) is 0 Å². The van der Waals surface area contributed by atoms with Gasteiger partial charge in [0.15, 0.2) is 6.61 Å². The highest BCUT2D eigenvalue weighted by molar-refractivity contribution is 6.01. The van der Waals surface area contributed by atoms with Crippen molar-refractivity contribution in [2.75, 3.05) is 45.9 Å². The van der Waals surface area contributed by atoms with Crippen LogP contribution in [-0.2, 0) is 4.79 Å². The second-order valence-electron chi connectivity index (χ2n) is 6.50. The van der Waals surface area contributed by atoms with Crippen molar-refractivity contribution in [1.82, 2.24) is 9.80 Å². The summed E-state index contributed by atoms with van der Waals surface area (Å²) >= 11 is 0. The molecule has 1 heterocycles. The van der Waals surface area contributed by atoms with Crippen molar-refractivity contribution in [3.63, 3.8) is 0 Å². The van der Waals surface area contributed by atoms with Gasteiger partial charge < -0.3 is 20.8 Å². The molecule has 3 N–H and O–H groups in total. The van der Waals surface area contributed by atoms with Crippen LogP contribution in [0, 0.1) is 5.41 Å². The Kier molecular flexibility index (Phi) is 8.91. The van der Waals surface area contributed by atoms with Gasteiger partial charge in [-0.2, -0.15) is 0 Å². The lowest BCUT2D eigenvalue weighted by Gasteiger charge is -2.34. The molecular weight excluding hydrogens is 352 g/mol. The molecule has 0 saturated carbocycles. The third-order valence-corrected chi connectivity index (χ3v) is 4.83. The van der Waals surface area contributed by atoms with Crippen molar-refractivity contribution in [3.05, 3.63) is 42.0 Å². The Morgan fingerprint density at radius 3 is 2.43 bits per heavy atom. The molecule has 2 aromatic rings. The molecule has 0 aliphatic carbocycles. The van der Waals surface area contributed by atoms with Gasteiger partial charge in [0, 0.05) is 43.3 Å². The van der Waals surface area contributed by atoms with Crippen LogP contribution in [0.1, 0.15) is 25.8 Å². The van der Waals surface area contributed by atoms with Crippen molar-refractivity contribution in [2.24, 2.45) is 5.73 Å². The number of carbonyl (C=O) groups excluding carboxylic acids is 1. The van der Waals surface area contributed by atoms with E-state index in [2.05, 4.69) is 4.90 Å². The summed E-state index contributed by atoms with van der Waals surface area (Å²) in [4.78, 5) is 16.7. The summed E-state index contributed by atoms with van der Waals surface area (Å²) in [6, 6.07) is 11.5. The summed E-state index contributed by atoms with van der Waals surface area (Å²) in [5, 5.41) is 9.40. The SMILES string of the molecule is CC.N=Cc1ccc(OCC(=O)N2CCN(CCCN)CC2)c2ccccc12. The minimum absolute atomic E-state index is 0.0173. The van der Waals surface area contributed by atoms with E-state index in [1.54, 1.807) is 0 Å². The average molecular weight is 385 g/mol. The van der Waals surface area contributed by atoms with E-state index in [4.69, 9.17) is 15.9 Å². The van der Waals surface area contributed by atoms with Gasteiger partial charge in [-0.1, -0.05) is 38.1 Å². The van der Waals surface area contributed by atoms with Crippen LogP contribution < -0.4 is 10.5 Å². The molecule has 0 aromatic heterocycles. The molecule has 1 aliphatic heterocycles. The number of nitrogens with zero attached hydrogens (tertiary/aromatic N) is 2. The standard InChI is InChI=1S/C20H26N4O2.C2H6/c21-8-3-9-23-10-12-24(13-11-23)20(25)15-26-19-7-6-16(14-22)17-4-1-2-5-18(17)19;1-2/h1-2,4-7,14,22H,3,8-13,15,21H2;1-2H3. The van der Waals surface area contributed by atoms with E-state index in [0.29, 0.717) is 12.3 Å². The van der Waals surface area contributed by atoms with E-state index in [1.807, 2.05) is 55.1 Å². The first-order chi connectivity index (χ1) is 13.7. The summed E-state index contributed by atoms with van der Waals surface area (Å²) < 4.78 is 5.83. The van der Waals surface area contributed by atoms with Crippen LogP contribution in [-0.4, -0.2) is 67.8 Å². The Morgan fingerprint density at radius 1 is 1.11 bits per heavy atom. The van der Waals surface area contributed by atoms with Crippen LogP contribution >= 0.6 is 0 Å². The fourth-order valence-electron chi connectivity index (χ4n) is 3.31. The Hall–Kier alpha value is -2.44. The van der Waals surface area contributed by atoms with Gasteiger partial charge in [-0.3, -0.25) is 9.69 Å². The molecule has 152 valence electrons. The number of hydrogen-bond donors (Lipinski definition) is 2. The van der Waals surface area contributed by atoms with Gasteiger partial charge in [0.05, 0.1) is 0 Å². The van der Waals surface area contributed by atoms with Gasteiger partial charge in [-0.05, 0) is 37.0 Å². The monoisotopic (exact) mass is 384 g/mol. The van der Waals surface area contributed by atoms with Crippen molar-refractivity contribution >= 4 is 22.9 Å². The van der Waals surface area contributed by atoms with Gasteiger partial charge in [0.1, 0.15) is 5.75 Å². The first kappa shape index (κ1) is 21.9. The number of amides is 1. The zero-order chi connectivity index (χ0) is 20.4. The van der Waals surface area contributed by atoms with Gasteiger partial charge in [0.25, 0.3) is 5.91 Å². The molecule has 0 spiro atoms. The van der Waals surface area contributed by atoms with E-state index >= 15 is 0 Å². The minimum Gasteiger partial charge on any atom is -0.483 e. The molecule has 1 fully saturated rings. The van der Waals surface area contributed by atoms with Crippen molar-refractivity contribution in [2.45, 2.75) is 20.3 Å². The summed E-state index contributed by atoms with van der Waals surface area (Å²) in [5.41, 5.74) is 6.39. The Labute approximate surface area is 167 Å². The van der Waals surface area contributed by atoms with Gasteiger partial charge in [-0.25, -0.2) is 0 Å².